The molecule has 0 aliphatic carbocycles. The highest BCUT2D eigenvalue weighted by molar-refractivity contribution is 5.93. The van der Waals surface area contributed by atoms with E-state index in [4.69, 9.17) is 9.47 Å². The first kappa shape index (κ1) is 21.4. The zero-order chi connectivity index (χ0) is 20.4. The number of hydrogen-bond donors (Lipinski definition) is 2. The van der Waals surface area contributed by atoms with Crippen LogP contribution in [0.5, 0.6) is 5.75 Å². The molecule has 0 bridgehead atoms. The van der Waals surface area contributed by atoms with Gasteiger partial charge in [-0.05, 0) is 57.2 Å². The monoisotopic (exact) mass is 385 g/mol. The molecule has 28 heavy (non-hydrogen) atoms. The van der Waals surface area contributed by atoms with Crippen LogP contribution < -0.4 is 15.0 Å². The summed E-state index contributed by atoms with van der Waals surface area (Å²) in [5.41, 5.74) is 2.19. The second-order valence-electron chi connectivity index (χ2n) is 6.57. The maximum atomic E-state index is 12.1. The van der Waals surface area contributed by atoms with Crippen LogP contribution in [0.4, 0.5) is 5.69 Å². The molecule has 0 saturated heterocycles. The number of likely N-dealkylation sites (N-methyl/N-ethyl adjacent to an activating group) is 1. The van der Waals surface area contributed by atoms with Crippen molar-refractivity contribution in [2.24, 2.45) is 0 Å². The number of aryl methyl sites for hydroxylation is 1. The van der Waals surface area contributed by atoms with E-state index < -0.39 is 0 Å². The Morgan fingerprint density at radius 3 is 2.21 bits per heavy atom. The Bertz CT molecular complexity index is 753. The molecule has 0 atom stereocenters. The number of carbonyl (C=O) groups excluding carboxylic acids is 2. The molecular weight excluding hydrogens is 356 g/mol. The number of esters is 1. The number of rotatable bonds is 10. The van der Waals surface area contributed by atoms with Crippen molar-refractivity contribution in [1.29, 1.82) is 0 Å². The van der Waals surface area contributed by atoms with E-state index >= 15 is 0 Å². The van der Waals surface area contributed by atoms with Crippen LogP contribution in [0.15, 0.2) is 48.5 Å². The lowest BCUT2D eigenvalue weighted by Gasteiger charge is -2.15. The van der Waals surface area contributed by atoms with Crippen molar-refractivity contribution < 1.29 is 24.0 Å². The van der Waals surface area contributed by atoms with Crippen molar-refractivity contribution in [3.63, 3.8) is 0 Å². The fraction of sp³-hybridized carbons (Fsp3) is 0.364. The number of quaternary nitrogens is 1. The molecule has 2 N–H and O–H groups in total. The highest BCUT2D eigenvalue weighted by atomic mass is 16.5. The smallest absolute Gasteiger partial charge is 0.338 e. The zero-order valence-corrected chi connectivity index (χ0v) is 16.8. The third-order valence-corrected chi connectivity index (χ3v) is 4.48. The topological polar surface area (TPSA) is 69.1 Å². The Labute approximate surface area is 166 Å². The van der Waals surface area contributed by atoms with Gasteiger partial charge in [0.25, 0.3) is 5.91 Å². The molecule has 0 spiro atoms. The van der Waals surface area contributed by atoms with Gasteiger partial charge < -0.3 is 19.7 Å². The number of nitrogens with one attached hydrogen (secondary N) is 2. The predicted octanol–water partition coefficient (Wildman–Crippen LogP) is 2.09. The van der Waals surface area contributed by atoms with Crippen LogP contribution in [0.3, 0.4) is 0 Å². The first-order chi connectivity index (χ1) is 13.5. The van der Waals surface area contributed by atoms with Crippen LogP contribution in [0.25, 0.3) is 0 Å². The minimum Gasteiger partial charge on any atom is -0.484 e. The third kappa shape index (κ3) is 7.04. The van der Waals surface area contributed by atoms with Crippen LogP contribution in [-0.2, 0) is 9.53 Å². The SMILES string of the molecule is CC[NH+](CC)CCOC(=O)c1ccc(NC(=O)COc2ccc(C)cc2)cc1. The predicted molar refractivity (Wildman–Crippen MR) is 109 cm³/mol. The molecule has 2 aromatic carbocycles. The molecule has 1 amide bonds. The van der Waals surface area contributed by atoms with Crippen molar-refractivity contribution in [2.75, 3.05) is 38.2 Å². The molecule has 6 nitrogen and oxygen atoms in total. The molecule has 0 fully saturated rings. The minimum atomic E-state index is -0.355. The number of amides is 1. The first-order valence-electron chi connectivity index (χ1n) is 9.62. The summed E-state index contributed by atoms with van der Waals surface area (Å²) in [6.45, 7) is 9.34. The van der Waals surface area contributed by atoms with Crippen molar-refractivity contribution in [3.8, 4) is 5.75 Å². The Morgan fingerprint density at radius 2 is 1.61 bits per heavy atom. The van der Waals surface area contributed by atoms with Crippen molar-refractivity contribution in [3.05, 3.63) is 59.7 Å². The summed E-state index contributed by atoms with van der Waals surface area (Å²) in [5, 5.41) is 2.74. The normalized spacial score (nSPS) is 10.6. The molecule has 0 unspecified atom stereocenters. The summed E-state index contributed by atoms with van der Waals surface area (Å²) in [6, 6.07) is 14.1. The van der Waals surface area contributed by atoms with Gasteiger partial charge in [-0.3, -0.25) is 4.79 Å². The lowest BCUT2D eigenvalue weighted by Crippen LogP contribution is -3.11. The average molecular weight is 385 g/mol. The highest BCUT2D eigenvalue weighted by Gasteiger charge is 2.10. The minimum absolute atomic E-state index is 0.0828. The Kier molecular flexibility index (Phi) is 8.49. The quantitative estimate of drug-likeness (QED) is 0.615. The fourth-order valence-electron chi connectivity index (χ4n) is 2.65. The molecule has 2 aromatic rings. The number of carbonyl (C=O) groups is 2. The molecule has 150 valence electrons. The van der Waals surface area contributed by atoms with E-state index in [1.807, 2.05) is 31.2 Å². The van der Waals surface area contributed by atoms with E-state index in [1.54, 1.807) is 24.3 Å². The molecule has 0 radical (unpaired) electrons. The van der Waals surface area contributed by atoms with Crippen LogP contribution in [0, 0.1) is 6.92 Å². The van der Waals surface area contributed by atoms with Crippen LogP contribution >= 0.6 is 0 Å². The molecule has 0 aromatic heterocycles. The standard InChI is InChI=1S/C22H28N2O4/c1-4-24(5-2)14-15-27-22(26)18-8-10-19(11-9-18)23-21(25)16-28-20-12-6-17(3)7-13-20/h6-13H,4-5,14-16H2,1-3H3,(H,23,25)/p+1. The molecular formula is C22H29N2O4+. The van der Waals surface area contributed by atoms with Gasteiger partial charge in [0.2, 0.25) is 0 Å². The highest BCUT2D eigenvalue weighted by Crippen LogP contribution is 2.13. The average Bonchev–Trinajstić information content (AvgIpc) is 2.71. The number of anilines is 1. The summed E-state index contributed by atoms with van der Waals surface area (Å²) < 4.78 is 10.8. The van der Waals surface area contributed by atoms with Gasteiger partial charge in [0.05, 0.1) is 18.7 Å². The van der Waals surface area contributed by atoms with E-state index in [-0.39, 0.29) is 18.5 Å². The van der Waals surface area contributed by atoms with Crippen LogP contribution in [0.1, 0.15) is 29.8 Å². The van der Waals surface area contributed by atoms with Gasteiger partial charge in [-0.25, -0.2) is 4.79 Å². The number of hydrogen-bond acceptors (Lipinski definition) is 4. The lowest BCUT2D eigenvalue weighted by atomic mass is 10.2. The lowest BCUT2D eigenvalue weighted by molar-refractivity contribution is -0.896. The van der Waals surface area contributed by atoms with E-state index in [9.17, 15) is 9.59 Å². The Morgan fingerprint density at radius 1 is 0.964 bits per heavy atom. The second-order valence-corrected chi connectivity index (χ2v) is 6.57. The number of benzene rings is 2. The van der Waals surface area contributed by atoms with Crippen LogP contribution in [-0.4, -0.2) is 44.7 Å². The first-order valence-corrected chi connectivity index (χ1v) is 9.62. The van der Waals surface area contributed by atoms with Crippen molar-refractivity contribution >= 4 is 17.6 Å². The van der Waals surface area contributed by atoms with Gasteiger partial charge in [0.15, 0.2) is 6.61 Å². The van der Waals surface area contributed by atoms with E-state index in [1.165, 1.54) is 4.90 Å². The molecule has 0 aliphatic heterocycles. The van der Waals surface area contributed by atoms with E-state index in [0.717, 1.165) is 25.2 Å². The molecule has 0 aliphatic rings. The van der Waals surface area contributed by atoms with Crippen molar-refractivity contribution in [1.82, 2.24) is 0 Å². The molecule has 0 heterocycles. The van der Waals surface area contributed by atoms with Gasteiger partial charge in [0, 0.05) is 5.69 Å². The summed E-state index contributed by atoms with van der Waals surface area (Å²) in [7, 11) is 0. The Balaban J connectivity index is 1.77. The van der Waals surface area contributed by atoms with E-state index in [0.29, 0.717) is 23.6 Å². The van der Waals surface area contributed by atoms with Gasteiger partial charge in [-0.1, -0.05) is 17.7 Å². The van der Waals surface area contributed by atoms with Gasteiger partial charge in [0.1, 0.15) is 18.9 Å². The third-order valence-electron chi connectivity index (χ3n) is 4.48. The molecule has 6 heteroatoms. The molecule has 0 saturated carbocycles. The summed E-state index contributed by atoms with van der Waals surface area (Å²) in [6.07, 6.45) is 0. The summed E-state index contributed by atoms with van der Waals surface area (Å²) in [5.74, 6) is 0.0237. The van der Waals surface area contributed by atoms with E-state index in [2.05, 4.69) is 19.2 Å². The summed E-state index contributed by atoms with van der Waals surface area (Å²) >= 11 is 0. The summed E-state index contributed by atoms with van der Waals surface area (Å²) in [4.78, 5) is 25.5. The number of ether oxygens (including phenoxy) is 2. The second kappa shape index (κ2) is 11.1. The van der Waals surface area contributed by atoms with Gasteiger partial charge >= 0.3 is 5.97 Å². The fourth-order valence-corrected chi connectivity index (χ4v) is 2.65. The largest absolute Gasteiger partial charge is 0.484 e. The van der Waals surface area contributed by atoms with Gasteiger partial charge in [-0.2, -0.15) is 0 Å². The van der Waals surface area contributed by atoms with Crippen molar-refractivity contribution in [2.45, 2.75) is 20.8 Å². The maximum absolute atomic E-state index is 12.1. The Hall–Kier alpha value is -2.86. The van der Waals surface area contributed by atoms with Crippen LogP contribution in [0.2, 0.25) is 0 Å². The molecule has 2 rings (SSSR count). The zero-order valence-electron chi connectivity index (χ0n) is 16.8. The maximum Gasteiger partial charge on any atom is 0.338 e. The van der Waals surface area contributed by atoms with Gasteiger partial charge in [-0.15, -0.1) is 0 Å².